The Balaban J connectivity index is 2.41. The van der Waals surface area contributed by atoms with Gasteiger partial charge in [0.05, 0.1) is 0 Å². The maximum Gasteiger partial charge on any atom is 0.0406 e. The summed E-state index contributed by atoms with van der Waals surface area (Å²) in [5, 5.41) is 0.771. The summed E-state index contributed by atoms with van der Waals surface area (Å²) in [4.78, 5) is 0. The molecule has 0 aliphatic carbocycles. The van der Waals surface area contributed by atoms with E-state index in [4.69, 9.17) is 11.6 Å². The number of hydrogen-bond acceptors (Lipinski definition) is 0. The molecule has 0 radical (unpaired) electrons. The highest BCUT2D eigenvalue weighted by atomic mass is 35.5. The topological polar surface area (TPSA) is 0 Å². The number of rotatable bonds is 2. The van der Waals surface area contributed by atoms with Gasteiger partial charge in [-0.2, -0.15) is 0 Å². The maximum atomic E-state index is 5.91. The van der Waals surface area contributed by atoms with Gasteiger partial charge in [-0.25, -0.2) is 0 Å². The monoisotopic (exact) mass is 242 g/mol. The van der Waals surface area contributed by atoms with Crippen LogP contribution in [0.3, 0.4) is 0 Å². The highest BCUT2D eigenvalue weighted by molar-refractivity contribution is 6.30. The molecule has 2 aromatic carbocycles. The number of aryl methyl sites for hydroxylation is 1. The minimum absolute atomic E-state index is 0.771. The van der Waals surface area contributed by atoms with Crippen molar-refractivity contribution in [2.24, 2.45) is 0 Å². The maximum absolute atomic E-state index is 5.91. The van der Waals surface area contributed by atoms with E-state index in [2.05, 4.69) is 56.3 Å². The van der Waals surface area contributed by atoms with E-state index in [0.29, 0.717) is 0 Å². The van der Waals surface area contributed by atoms with Gasteiger partial charge >= 0.3 is 0 Å². The van der Waals surface area contributed by atoms with Gasteiger partial charge in [-0.3, -0.25) is 0 Å². The smallest absolute Gasteiger partial charge is 0.0406 e. The van der Waals surface area contributed by atoms with Crippen LogP contribution in [0, 0.1) is 6.92 Å². The first-order valence-corrected chi connectivity index (χ1v) is 6.08. The molecule has 0 N–H and O–H groups in total. The highest BCUT2D eigenvalue weighted by Gasteiger charge is 2.03. The SMILES string of the molecule is C/C=C(\c1ccc(C)cc1)c1ccc(Cl)cc1. The Morgan fingerprint density at radius 3 is 1.82 bits per heavy atom. The summed E-state index contributed by atoms with van der Waals surface area (Å²) in [6.07, 6.45) is 2.13. The molecule has 86 valence electrons. The molecule has 0 saturated carbocycles. The Morgan fingerprint density at radius 1 is 0.882 bits per heavy atom. The van der Waals surface area contributed by atoms with Gasteiger partial charge in [-0.05, 0) is 42.7 Å². The van der Waals surface area contributed by atoms with Crippen molar-refractivity contribution in [1.29, 1.82) is 0 Å². The summed E-state index contributed by atoms with van der Waals surface area (Å²) in [7, 11) is 0. The van der Waals surface area contributed by atoms with E-state index in [0.717, 1.165) is 5.02 Å². The van der Waals surface area contributed by atoms with E-state index in [9.17, 15) is 0 Å². The summed E-state index contributed by atoms with van der Waals surface area (Å²) in [5.41, 5.74) is 4.95. The van der Waals surface area contributed by atoms with Crippen LogP contribution < -0.4 is 0 Å². The number of allylic oxidation sites excluding steroid dienone is 1. The quantitative estimate of drug-likeness (QED) is 0.687. The van der Waals surface area contributed by atoms with Crippen molar-refractivity contribution in [2.45, 2.75) is 13.8 Å². The third kappa shape index (κ3) is 2.78. The lowest BCUT2D eigenvalue weighted by Crippen LogP contribution is -1.87. The van der Waals surface area contributed by atoms with E-state index in [1.807, 2.05) is 12.1 Å². The van der Waals surface area contributed by atoms with Gasteiger partial charge in [0.1, 0.15) is 0 Å². The zero-order chi connectivity index (χ0) is 12.3. The van der Waals surface area contributed by atoms with E-state index in [-0.39, 0.29) is 0 Å². The van der Waals surface area contributed by atoms with Crippen LogP contribution in [0.25, 0.3) is 5.57 Å². The van der Waals surface area contributed by atoms with Crippen molar-refractivity contribution >= 4 is 17.2 Å². The van der Waals surface area contributed by atoms with Crippen molar-refractivity contribution in [3.8, 4) is 0 Å². The number of hydrogen-bond donors (Lipinski definition) is 0. The van der Waals surface area contributed by atoms with Crippen molar-refractivity contribution < 1.29 is 0 Å². The van der Waals surface area contributed by atoms with E-state index in [1.54, 1.807) is 0 Å². The third-order valence-corrected chi connectivity index (χ3v) is 3.06. The molecular weight excluding hydrogens is 228 g/mol. The van der Waals surface area contributed by atoms with Gasteiger partial charge in [0.15, 0.2) is 0 Å². The number of halogens is 1. The minimum atomic E-state index is 0.771. The molecule has 0 spiro atoms. The first-order valence-electron chi connectivity index (χ1n) is 5.70. The molecule has 1 heteroatoms. The summed E-state index contributed by atoms with van der Waals surface area (Å²) >= 11 is 5.91. The van der Waals surface area contributed by atoms with Gasteiger partial charge in [-0.1, -0.05) is 59.6 Å². The second-order valence-corrected chi connectivity index (χ2v) is 4.51. The Bertz CT molecular complexity index is 471. The second-order valence-electron chi connectivity index (χ2n) is 4.08. The van der Waals surface area contributed by atoms with Gasteiger partial charge in [0, 0.05) is 5.02 Å². The van der Waals surface area contributed by atoms with Gasteiger partial charge in [-0.15, -0.1) is 0 Å². The summed E-state index contributed by atoms with van der Waals surface area (Å²) in [6, 6.07) is 16.5. The fourth-order valence-electron chi connectivity index (χ4n) is 1.86. The molecule has 0 bridgehead atoms. The first-order chi connectivity index (χ1) is 8.20. The van der Waals surface area contributed by atoms with Crippen molar-refractivity contribution in [1.82, 2.24) is 0 Å². The molecule has 17 heavy (non-hydrogen) atoms. The molecule has 0 saturated heterocycles. The average Bonchev–Trinajstić information content (AvgIpc) is 2.35. The predicted octanol–water partition coefficient (Wildman–Crippen LogP) is 5.10. The fourth-order valence-corrected chi connectivity index (χ4v) is 1.99. The van der Waals surface area contributed by atoms with Crippen LogP contribution in [-0.2, 0) is 0 Å². The lowest BCUT2D eigenvalue weighted by molar-refractivity contribution is 1.44. The van der Waals surface area contributed by atoms with Crippen LogP contribution in [-0.4, -0.2) is 0 Å². The molecule has 0 aliphatic rings. The van der Waals surface area contributed by atoms with Crippen LogP contribution in [0.2, 0.25) is 5.02 Å². The third-order valence-electron chi connectivity index (χ3n) is 2.81. The van der Waals surface area contributed by atoms with Gasteiger partial charge in [0.25, 0.3) is 0 Å². The second kappa shape index (κ2) is 5.20. The highest BCUT2D eigenvalue weighted by Crippen LogP contribution is 2.24. The van der Waals surface area contributed by atoms with Crippen molar-refractivity contribution in [3.63, 3.8) is 0 Å². The van der Waals surface area contributed by atoms with E-state index in [1.165, 1.54) is 22.3 Å². The van der Waals surface area contributed by atoms with Gasteiger partial charge < -0.3 is 0 Å². The van der Waals surface area contributed by atoms with Crippen LogP contribution in [0.1, 0.15) is 23.6 Å². The largest absolute Gasteiger partial charge is 0.0843 e. The van der Waals surface area contributed by atoms with Crippen LogP contribution in [0.15, 0.2) is 54.6 Å². The molecule has 2 aromatic rings. The van der Waals surface area contributed by atoms with Crippen molar-refractivity contribution in [3.05, 3.63) is 76.3 Å². The lowest BCUT2D eigenvalue weighted by Gasteiger charge is -2.08. The molecule has 0 amide bonds. The first kappa shape index (κ1) is 11.9. The molecule has 0 fully saturated rings. The Hall–Kier alpha value is -1.53. The molecule has 0 unspecified atom stereocenters. The van der Waals surface area contributed by atoms with E-state index >= 15 is 0 Å². The molecule has 0 heterocycles. The van der Waals surface area contributed by atoms with E-state index < -0.39 is 0 Å². The molecule has 0 aliphatic heterocycles. The van der Waals surface area contributed by atoms with Crippen LogP contribution in [0.5, 0.6) is 0 Å². The van der Waals surface area contributed by atoms with Crippen LogP contribution >= 0.6 is 11.6 Å². The lowest BCUT2D eigenvalue weighted by atomic mass is 9.97. The summed E-state index contributed by atoms with van der Waals surface area (Å²) in [6.45, 7) is 4.16. The molecule has 0 atom stereocenters. The Kier molecular flexibility index (Phi) is 3.65. The summed E-state index contributed by atoms with van der Waals surface area (Å²) < 4.78 is 0. The normalized spacial score (nSPS) is 11.6. The zero-order valence-electron chi connectivity index (χ0n) is 10.1. The molecule has 0 nitrogen and oxygen atoms in total. The molecule has 0 aromatic heterocycles. The summed E-state index contributed by atoms with van der Waals surface area (Å²) in [5.74, 6) is 0. The number of benzene rings is 2. The fraction of sp³-hybridized carbons (Fsp3) is 0.125. The van der Waals surface area contributed by atoms with Crippen LogP contribution in [0.4, 0.5) is 0 Å². The zero-order valence-corrected chi connectivity index (χ0v) is 10.8. The predicted molar refractivity (Wildman–Crippen MR) is 75.4 cm³/mol. The van der Waals surface area contributed by atoms with Gasteiger partial charge in [0.2, 0.25) is 0 Å². The Morgan fingerprint density at radius 2 is 1.35 bits per heavy atom. The molecule has 2 rings (SSSR count). The Labute approximate surface area is 108 Å². The molecular formula is C16H15Cl. The standard InChI is InChI=1S/C16H15Cl/c1-3-16(13-6-4-12(2)5-7-13)14-8-10-15(17)11-9-14/h3-11H,1-2H3/b16-3+. The average molecular weight is 243 g/mol. The van der Waals surface area contributed by atoms with Crippen molar-refractivity contribution in [2.75, 3.05) is 0 Å². The minimum Gasteiger partial charge on any atom is -0.0843 e.